The van der Waals surface area contributed by atoms with Crippen LogP contribution in [0.5, 0.6) is 0 Å². The molecule has 2 aliphatic heterocycles. The van der Waals surface area contributed by atoms with Crippen LogP contribution in [0.1, 0.15) is 94.6 Å². The number of fused-ring (bicyclic) bond motifs is 2. The Morgan fingerprint density at radius 2 is 1.52 bits per heavy atom. The van der Waals surface area contributed by atoms with Crippen LogP contribution in [-0.2, 0) is 34.0 Å². The van der Waals surface area contributed by atoms with E-state index in [-0.39, 0.29) is 25.5 Å². The maximum Gasteiger partial charge on any atom is 0.408 e. The van der Waals surface area contributed by atoms with E-state index in [2.05, 4.69) is 20.5 Å². The number of rotatable bonds is 9. The summed E-state index contributed by atoms with van der Waals surface area (Å²) in [7, 11) is -3.88. The van der Waals surface area contributed by atoms with Crippen molar-refractivity contribution in [2.24, 2.45) is 11.1 Å². The molecule has 5 aliphatic rings. The highest BCUT2D eigenvalue weighted by atomic mass is 32.2. The Morgan fingerprint density at radius 3 is 2.19 bits per heavy atom. The molecule has 3 saturated carbocycles. The Labute approximate surface area is 316 Å². The molecule has 2 heterocycles. The molecule has 54 heavy (non-hydrogen) atoms. The second-order valence-electron chi connectivity index (χ2n) is 15.2. The first kappa shape index (κ1) is 37.6. The van der Waals surface area contributed by atoms with Crippen LogP contribution in [0.2, 0.25) is 0 Å². The summed E-state index contributed by atoms with van der Waals surface area (Å²) in [6.07, 6.45) is 10.3. The third kappa shape index (κ3) is 8.80. The maximum absolute atomic E-state index is 14.5. The fourth-order valence-corrected chi connectivity index (χ4v) is 9.13. The van der Waals surface area contributed by atoms with E-state index in [9.17, 15) is 27.6 Å². The monoisotopic (exact) mass is 759 g/mol. The number of ether oxygens (including phenoxy) is 1. The van der Waals surface area contributed by atoms with E-state index in [0.717, 1.165) is 49.7 Å². The summed E-state index contributed by atoms with van der Waals surface area (Å²) >= 11 is 0. The van der Waals surface area contributed by atoms with Crippen molar-refractivity contribution < 1.29 is 37.2 Å². The van der Waals surface area contributed by atoms with E-state index in [1.807, 2.05) is 72.8 Å². The average molecular weight is 760 g/mol. The summed E-state index contributed by atoms with van der Waals surface area (Å²) in [6, 6.07) is 17.0. The molecule has 0 spiro atoms. The van der Waals surface area contributed by atoms with Gasteiger partial charge in [-0.25, -0.2) is 13.2 Å². The SMILES string of the molecule is O=C(N[C@H]1CCCCC/C=C\C2C[C@@]2(C(=O)NS(=O)(=O)C2CC2)NC(=O)[C@@H]2C[C@@H](ON=C(c3ccccc3)c3ccccc3)CN2C1=O)OC1CCCC1. The highest BCUT2D eigenvalue weighted by Crippen LogP contribution is 2.46. The number of allylic oxidation sites excluding steroid dienone is 1. The Balaban J connectivity index is 1.17. The minimum atomic E-state index is -3.88. The number of oxime groups is 1. The summed E-state index contributed by atoms with van der Waals surface area (Å²) < 4.78 is 33.6. The summed E-state index contributed by atoms with van der Waals surface area (Å²) in [6.45, 7) is -0.00822. The number of carbonyl (C=O) groups excluding carboxylic acids is 4. The molecule has 2 aromatic rings. The number of carbonyl (C=O) groups is 4. The molecule has 0 radical (unpaired) electrons. The molecule has 4 amide bonds. The van der Waals surface area contributed by atoms with Crippen LogP contribution < -0.4 is 15.4 Å². The van der Waals surface area contributed by atoms with Crippen LogP contribution in [0.4, 0.5) is 4.79 Å². The van der Waals surface area contributed by atoms with Crippen molar-refractivity contribution in [1.29, 1.82) is 0 Å². The number of hydrogen-bond acceptors (Lipinski definition) is 9. The van der Waals surface area contributed by atoms with Gasteiger partial charge in [-0.3, -0.25) is 19.1 Å². The fourth-order valence-electron chi connectivity index (χ4n) is 7.76. The summed E-state index contributed by atoms with van der Waals surface area (Å²) in [4.78, 5) is 63.2. The van der Waals surface area contributed by atoms with Crippen LogP contribution >= 0.6 is 0 Å². The molecule has 1 saturated heterocycles. The predicted octanol–water partition coefficient (Wildman–Crippen LogP) is 4.47. The Morgan fingerprint density at radius 1 is 0.852 bits per heavy atom. The van der Waals surface area contributed by atoms with Gasteiger partial charge >= 0.3 is 6.09 Å². The van der Waals surface area contributed by atoms with Crippen LogP contribution in [0, 0.1) is 5.92 Å². The molecular formula is C40H49N5O8S. The molecule has 3 aliphatic carbocycles. The second kappa shape index (κ2) is 16.3. The highest BCUT2D eigenvalue weighted by molar-refractivity contribution is 7.91. The summed E-state index contributed by atoms with van der Waals surface area (Å²) in [5.41, 5.74) is 0.721. The van der Waals surface area contributed by atoms with Crippen molar-refractivity contribution in [2.45, 2.75) is 119 Å². The number of nitrogens with zero attached hydrogens (tertiary/aromatic N) is 2. The third-order valence-electron chi connectivity index (χ3n) is 11.1. The van der Waals surface area contributed by atoms with E-state index < -0.39 is 68.7 Å². The van der Waals surface area contributed by atoms with Crippen molar-refractivity contribution in [1.82, 2.24) is 20.3 Å². The van der Waals surface area contributed by atoms with Gasteiger partial charge in [0.1, 0.15) is 35.5 Å². The van der Waals surface area contributed by atoms with Gasteiger partial charge in [0.25, 0.3) is 5.91 Å². The van der Waals surface area contributed by atoms with Crippen LogP contribution in [0.15, 0.2) is 78.0 Å². The van der Waals surface area contributed by atoms with Crippen molar-refractivity contribution in [3.05, 3.63) is 83.9 Å². The van der Waals surface area contributed by atoms with E-state index >= 15 is 0 Å². The molecule has 1 unspecified atom stereocenters. The molecule has 2 aromatic carbocycles. The molecule has 5 atom stereocenters. The molecule has 4 fully saturated rings. The quantitative estimate of drug-likeness (QED) is 0.191. The number of nitrogens with one attached hydrogen (secondary N) is 3. The van der Waals surface area contributed by atoms with E-state index in [1.54, 1.807) is 0 Å². The molecule has 0 aromatic heterocycles. The van der Waals surface area contributed by atoms with Crippen molar-refractivity contribution in [2.75, 3.05) is 6.54 Å². The molecule has 3 N–H and O–H groups in total. The zero-order valence-electron chi connectivity index (χ0n) is 30.4. The van der Waals surface area contributed by atoms with Gasteiger partial charge in [-0.1, -0.05) is 90.8 Å². The van der Waals surface area contributed by atoms with Gasteiger partial charge in [0.05, 0.1) is 11.8 Å². The number of alkyl carbamates (subject to hydrolysis) is 1. The zero-order chi connectivity index (χ0) is 37.7. The normalized spacial score (nSPS) is 28.3. The maximum atomic E-state index is 14.5. The molecule has 7 rings (SSSR count). The first-order valence-electron chi connectivity index (χ1n) is 19.3. The smallest absolute Gasteiger partial charge is 0.408 e. The largest absolute Gasteiger partial charge is 0.446 e. The minimum Gasteiger partial charge on any atom is -0.446 e. The van der Waals surface area contributed by atoms with Crippen molar-refractivity contribution in [3.63, 3.8) is 0 Å². The van der Waals surface area contributed by atoms with Gasteiger partial charge in [0.15, 0.2) is 0 Å². The average Bonchev–Trinajstić information content (AvgIpc) is 4.04. The Bertz CT molecular complexity index is 1820. The van der Waals surface area contributed by atoms with Crippen molar-refractivity contribution in [3.8, 4) is 0 Å². The third-order valence-corrected chi connectivity index (χ3v) is 12.9. The van der Waals surface area contributed by atoms with E-state index in [1.165, 1.54) is 4.90 Å². The van der Waals surface area contributed by atoms with Gasteiger partial charge in [-0.2, -0.15) is 0 Å². The minimum absolute atomic E-state index is 0.00822. The second-order valence-corrected chi connectivity index (χ2v) is 17.1. The van der Waals surface area contributed by atoms with Crippen molar-refractivity contribution >= 4 is 39.5 Å². The van der Waals surface area contributed by atoms with Crippen LogP contribution in [0.3, 0.4) is 0 Å². The number of benzene rings is 2. The molecule has 13 nitrogen and oxygen atoms in total. The highest BCUT2D eigenvalue weighted by Gasteiger charge is 2.62. The lowest BCUT2D eigenvalue weighted by Crippen LogP contribution is -2.58. The van der Waals surface area contributed by atoms with Gasteiger partial charge in [-0.05, 0) is 64.2 Å². The van der Waals surface area contributed by atoms with E-state index in [0.29, 0.717) is 37.8 Å². The molecule has 14 heteroatoms. The van der Waals surface area contributed by atoms with Crippen LogP contribution in [-0.4, -0.2) is 84.5 Å². The van der Waals surface area contributed by atoms with Gasteiger partial charge in [0, 0.05) is 23.5 Å². The predicted molar refractivity (Wildman–Crippen MR) is 200 cm³/mol. The van der Waals surface area contributed by atoms with Gasteiger partial charge in [0.2, 0.25) is 21.8 Å². The fraction of sp³-hybridized carbons (Fsp3) is 0.525. The topological polar surface area (TPSA) is 173 Å². The zero-order valence-corrected chi connectivity index (χ0v) is 31.2. The lowest BCUT2D eigenvalue weighted by molar-refractivity contribution is -0.141. The number of hydrogen-bond donors (Lipinski definition) is 3. The number of sulfonamides is 1. The first-order chi connectivity index (χ1) is 26.1. The molecule has 0 bridgehead atoms. The Hall–Kier alpha value is -4.72. The van der Waals surface area contributed by atoms with Crippen LogP contribution in [0.25, 0.3) is 0 Å². The first-order valence-corrected chi connectivity index (χ1v) is 20.8. The van der Waals surface area contributed by atoms with Gasteiger partial charge in [-0.15, -0.1) is 0 Å². The van der Waals surface area contributed by atoms with E-state index in [4.69, 9.17) is 9.57 Å². The Kier molecular flexibility index (Phi) is 11.4. The van der Waals surface area contributed by atoms with Gasteiger partial charge < -0.3 is 25.1 Å². The standard InChI is InChI=1S/C40H49N5O8S/c46-36-34-24-31(53-43-35(27-14-6-4-7-15-27)28-16-8-5-9-17-28)26-45(34)37(47)33(41-39(49)52-30-19-12-13-20-30)21-11-3-1-2-10-18-29-25-40(29,42-36)38(48)44-54(50,51)32-22-23-32/h4-10,14-18,29-34H,1-3,11-13,19-26H2,(H,41,49)(H,42,46)(H,44,48)/b18-10-/t29?,31-,33+,34+,40-/m1/s1. The summed E-state index contributed by atoms with van der Waals surface area (Å²) in [5, 5.41) is 9.65. The lowest BCUT2D eigenvalue weighted by atomic mass is 10.0. The number of amides is 4. The lowest BCUT2D eigenvalue weighted by Gasteiger charge is -2.30. The molecule has 288 valence electrons. The molecular weight excluding hydrogens is 711 g/mol. The summed E-state index contributed by atoms with van der Waals surface area (Å²) in [5.74, 6) is -2.27.